The first-order chi connectivity index (χ1) is 19.8. The van der Waals surface area contributed by atoms with Crippen molar-refractivity contribution in [1.82, 2.24) is 15.1 Å². The fraction of sp³-hybridized carbons (Fsp3) is 0.394. The van der Waals surface area contributed by atoms with Gasteiger partial charge in [-0.05, 0) is 79.7 Å². The average Bonchev–Trinajstić information content (AvgIpc) is 3.28. The maximum absolute atomic E-state index is 13.5. The Morgan fingerprint density at radius 2 is 1.61 bits per heavy atom. The van der Waals surface area contributed by atoms with E-state index in [1.165, 1.54) is 0 Å². The second-order valence-corrected chi connectivity index (χ2v) is 12.0. The van der Waals surface area contributed by atoms with E-state index in [0.717, 1.165) is 74.3 Å². The standard InChI is InChI=1S/C33H37Cl2N3O3/c1-41-27-10-7-24(8-11-27)23-38-20-16-33(32(38)40)14-18-37(19-15-33)17-13-30(26-5-3-2-4-6-26)36-31(39)22-25-9-12-28(34)29(35)21-25/h2-12,21,30H,13-20,22-23H2,1H3,(H,36,39). The number of carbonyl (C=O) groups is 2. The predicted molar refractivity (Wildman–Crippen MR) is 163 cm³/mol. The highest BCUT2D eigenvalue weighted by molar-refractivity contribution is 6.42. The molecule has 0 aromatic heterocycles. The number of methoxy groups -OCH3 is 1. The predicted octanol–water partition coefficient (Wildman–Crippen LogP) is 6.31. The Balaban J connectivity index is 1.14. The van der Waals surface area contributed by atoms with Crippen LogP contribution in [0.25, 0.3) is 0 Å². The van der Waals surface area contributed by atoms with Gasteiger partial charge in [0.1, 0.15) is 5.75 Å². The molecule has 5 rings (SSSR count). The first-order valence-electron chi connectivity index (χ1n) is 14.3. The Morgan fingerprint density at radius 3 is 2.29 bits per heavy atom. The summed E-state index contributed by atoms with van der Waals surface area (Å²) in [4.78, 5) is 30.9. The third-order valence-electron chi connectivity index (χ3n) is 8.57. The van der Waals surface area contributed by atoms with Crippen LogP contribution in [0.3, 0.4) is 0 Å². The number of carbonyl (C=O) groups excluding carboxylic acids is 2. The van der Waals surface area contributed by atoms with E-state index < -0.39 is 0 Å². The molecule has 1 spiro atoms. The minimum atomic E-state index is -0.240. The van der Waals surface area contributed by atoms with E-state index in [4.69, 9.17) is 27.9 Å². The van der Waals surface area contributed by atoms with Gasteiger partial charge in [-0.15, -0.1) is 0 Å². The van der Waals surface area contributed by atoms with Crippen LogP contribution in [0.2, 0.25) is 10.0 Å². The number of rotatable bonds is 10. The van der Waals surface area contributed by atoms with E-state index in [1.54, 1.807) is 19.2 Å². The summed E-state index contributed by atoms with van der Waals surface area (Å²) >= 11 is 12.2. The van der Waals surface area contributed by atoms with Crippen molar-refractivity contribution in [3.63, 3.8) is 0 Å². The molecule has 0 saturated carbocycles. The van der Waals surface area contributed by atoms with Crippen molar-refractivity contribution in [2.24, 2.45) is 5.41 Å². The number of nitrogens with one attached hydrogen (secondary N) is 1. The summed E-state index contributed by atoms with van der Waals surface area (Å²) in [7, 11) is 1.66. The molecule has 1 N–H and O–H groups in total. The van der Waals surface area contributed by atoms with Crippen molar-refractivity contribution in [3.8, 4) is 5.75 Å². The highest BCUT2D eigenvalue weighted by Crippen LogP contribution is 2.42. The number of piperidine rings is 1. The van der Waals surface area contributed by atoms with Crippen molar-refractivity contribution >= 4 is 35.0 Å². The van der Waals surface area contributed by atoms with Gasteiger partial charge in [0.05, 0.1) is 35.0 Å². The lowest BCUT2D eigenvalue weighted by Gasteiger charge is -2.38. The van der Waals surface area contributed by atoms with Gasteiger partial charge < -0.3 is 19.9 Å². The number of halogens is 2. The lowest BCUT2D eigenvalue weighted by Crippen LogP contribution is -2.45. The molecule has 8 heteroatoms. The molecule has 6 nitrogen and oxygen atoms in total. The van der Waals surface area contributed by atoms with E-state index in [0.29, 0.717) is 22.5 Å². The highest BCUT2D eigenvalue weighted by atomic mass is 35.5. The van der Waals surface area contributed by atoms with E-state index >= 15 is 0 Å². The molecule has 2 saturated heterocycles. The van der Waals surface area contributed by atoms with Gasteiger partial charge in [0, 0.05) is 19.6 Å². The largest absolute Gasteiger partial charge is 0.497 e. The van der Waals surface area contributed by atoms with Gasteiger partial charge in [0.2, 0.25) is 11.8 Å². The summed E-state index contributed by atoms with van der Waals surface area (Å²) in [6, 6.07) is 23.3. The molecule has 41 heavy (non-hydrogen) atoms. The molecule has 2 aliphatic rings. The molecule has 0 radical (unpaired) electrons. The molecule has 0 bridgehead atoms. The molecule has 3 aromatic rings. The van der Waals surface area contributed by atoms with Gasteiger partial charge >= 0.3 is 0 Å². The summed E-state index contributed by atoms with van der Waals surface area (Å²) < 4.78 is 5.26. The molecule has 2 fully saturated rings. The zero-order chi connectivity index (χ0) is 28.8. The van der Waals surface area contributed by atoms with Gasteiger partial charge in [0.25, 0.3) is 0 Å². The van der Waals surface area contributed by atoms with Crippen LogP contribution in [0.5, 0.6) is 5.75 Å². The zero-order valence-corrected chi connectivity index (χ0v) is 25.0. The van der Waals surface area contributed by atoms with Crippen molar-refractivity contribution in [3.05, 3.63) is 99.5 Å². The summed E-state index contributed by atoms with van der Waals surface area (Å²) in [5.41, 5.74) is 2.80. The number of ether oxygens (including phenoxy) is 1. The second kappa shape index (κ2) is 13.3. The van der Waals surface area contributed by atoms with Gasteiger partial charge in [-0.3, -0.25) is 9.59 Å². The van der Waals surface area contributed by atoms with Crippen LogP contribution in [0.4, 0.5) is 0 Å². The van der Waals surface area contributed by atoms with E-state index in [9.17, 15) is 9.59 Å². The molecule has 1 unspecified atom stereocenters. The third kappa shape index (κ3) is 7.24. The molecule has 2 aliphatic heterocycles. The first-order valence-corrected chi connectivity index (χ1v) is 15.0. The zero-order valence-electron chi connectivity index (χ0n) is 23.5. The van der Waals surface area contributed by atoms with Gasteiger partial charge in [0.15, 0.2) is 0 Å². The van der Waals surface area contributed by atoms with Crippen LogP contribution < -0.4 is 10.1 Å². The summed E-state index contributed by atoms with van der Waals surface area (Å²) in [6.45, 7) is 4.09. The quantitative estimate of drug-likeness (QED) is 0.299. The first kappa shape index (κ1) is 29.4. The van der Waals surface area contributed by atoms with Crippen LogP contribution >= 0.6 is 23.2 Å². The molecule has 2 heterocycles. The lowest BCUT2D eigenvalue weighted by molar-refractivity contribution is -0.139. The van der Waals surface area contributed by atoms with Gasteiger partial charge in [-0.1, -0.05) is 71.7 Å². The fourth-order valence-corrected chi connectivity index (χ4v) is 6.38. The van der Waals surface area contributed by atoms with E-state index in [1.807, 2.05) is 53.4 Å². The summed E-state index contributed by atoms with van der Waals surface area (Å²) in [6.07, 6.45) is 3.71. The fourth-order valence-electron chi connectivity index (χ4n) is 6.06. The van der Waals surface area contributed by atoms with Gasteiger partial charge in [-0.25, -0.2) is 0 Å². The van der Waals surface area contributed by atoms with Crippen LogP contribution in [0.1, 0.15) is 48.4 Å². The number of benzene rings is 3. The van der Waals surface area contributed by atoms with Crippen LogP contribution in [-0.2, 0) is 22.6 Å². The van der Waals surface area contributed by atoms with Crippen molar-refractivity contribution in [1.29, 1.82) is 0 Å². The number of amides is 2. The Bertz CT molecular complexity index is 1340. The number of nitrogens with zero attached hydrogens (tertiary/aromatic N) is 2. The van der Waals surface area contributed by atoms with E-state index in [-0.39, 0.29) is 23.8 Å². The summed E-state index contributed by atoms with van der Waals surface area (Å²) in [5.74, 6) is 1.07. The van der Waals surface area contributed by atoms with Crippen molar-refractivity contribution in [2.75, 3.05) is 33.3 Å². The molecule has 0 aliphatic carbocycles. The van der Waals surface area contributed by atoms with Crippen LogP contribution in [-0.4, -0.2) is 54.9 Å². The minimum Gasteiger partial charge on any atom is -0.497 e. The molecular formula is C33H37Cl2N3O3. The smallest absolute Gasteiger partial charge is 0.229 e. The second-order valence-electron chi connectivity index (χ2n) is 11.2. The Kier molecular flexibility index (Phi) is 9.53. The number of likely N-dealkylation sites (tertiary alicyclic amines) is 2. The van der Waals surface area contributed by atoms with Crippen LogP contribution in [0, 0.1) is 5.41 Å². The number of hydrogen-bond donors (Lipinski definition) is 1. The molecule has 1 atom stereocenters. The molecule has 216 valence electrons. The SMILES string of the molecule is COc1ccc(CN2CCC3(CCN(CCC(NC(=O)Cc4ccc(Cl)c(Cl)c4)c4ccccc4)CC3)C2=O)cc1. The maximum Gasteiger partial charge on any atom is 0.229 e. The lowest BCUT2D eigenvalue weighted by atomic mass is 9.77. The van der Waals surface area contributed by atoms with Crippen molar-refractivity contribution in [2.45, 2.75) is 44.7 Å². The molecular weight excluding hydrogens is 557 g/mol. The minimum absolute atomic E-state index is 0.0525. The molecule has 3 aromatic carbocycles. The van der Waals surface area contributed by atoms with Crippen molar-refractivity contribution < 1.29 is 14.3 Å². The Labute approximate surface area is 252 Å². The third-order valence-corrected chi connectivity index (χ3v) is 9.31. The van der Waals surface area contributed by atoms with Crippen LogP contribution in [0.15, 0.2) is 72.8 Å². The topological polar surface area (TPSA) is 61.9 Å². The monoisotopic (exact) mass is 593 g/mol. The van der Waals surface area contributed by atoms with Gasteiger partial charge in [-0.2, -0.15) is 0 Å². The molecule has 2 amide bonds. The Hall–Kier alpha value is -3.06. The maximum atomic E-state index is 13.5. The number of hydrogen-bond acceptors (Lipinski definition) is 4. The normalized spacial score (nSPS) is 17.5. The summed E-state index contributed by atoms with van der Waals surface area (Å²) in [5, 5.41) is 4.16. The average molecular weight is 595 g/mol. The van der Waals surface area contributed by atoms with E-state index in [2.05, 4.69) is 22.3 Å². The highest BCUT2D eigenvalue weighted by Gasteiger charge is 2.47. The Morgan fingerprint density at radius 1 is 0.927 bits per heavy atom.